The Kier molecular flexibility index (Phi) is 38.4. The van der Waals surface area contributed by atoms with Crippen LogP contribution >= 0.6 is 0 Å². The van der Waals surface area contributed by atoms with Crippen LogP contribution in [0.15, 0.2) is 176 Å². The molecule has 0 fully saturated rings. The van der Waals surface area contributed by atoms with Crippen LogP contribution in [0.5, 0.6) is 103 Å². The van der Waals surface area contributed by atoms with Crippen molar-refractivity contribution >= 4 is 0 Å². The van der Waals surface area contributed by atoms with E-state index in [0.717, 1.165) is 89.2 Å². The lowest BCUT2D eigenvalue weighted by atomic mass is 9.86. The van der Waals surface area contributed by atoms with Crippen LogP contribution in [-0.4, -0.2) is 153 Å². The zero-order chi connectivity index (χ0) is 97.2. The number of hydrogen-bond donors (Lipinski definition) is 8. The molecule has 0 spiro atoms. The van der Waals surface area contributed by atoms with E-state index in [-0.39, 0.29) is 69.1 Å². The van der Waals surface area contributed by atoms with Crippen molar-refractivity contribution in [3.05, 3.63) is 259 Å². The molecule has 1 heterocycles. The molecule has 11 aromatic rings. The Labute approximate surface area is 777 Å². The number of hydrogen-bond acceptors (Lipinski definition) is 25. The summed E-state index contributed by atoms with van der Waals surface area (Å²) in [7, 11) is 20.5. The summed E-state index contributed by atoms with van der Waals surface area (Å²) in [6, 6.07) is 54.5. The third-order valence-electron chi connectivity index (χ3n) is 22.5. The van der Waals surface area contributed by atoms with Gasteiger partial charge in [-0.1, -0.05) is 104 Å². The molecule has 1 aliphatic rings. The van der Waals surface area contributed by atoms with E-state index in [1.165, 1.54) is 28.4 Å². The van der Waals surface area contributed by atoms with Gasteiger partial charge in [0.05, 0.1) is 132 Å². The van der Waals surface area contributed by atoms with Crippen molar-refractivity contribution in [2.45, 2.75) is 170 Å². The first-order valence-electron chi connectivity index (χ1n) is 43.3. The first-order chi connectivity index (χ1) is 63.0. The Morgan fingerprint density at radius 3 is 1.29 bits per heavy atom. The largest absolute Gasteiger partial charge is 0.497 e. The predicted molar refractivity (Wildman–Crippen MR) is 513 cm³/mol. The fourth-order valence-electron chi connectivity index (χ4n) is 15.3. The van der Waals surface area contributed by atoms with Crippen molar-refractivity contribution in [2.75, 3.05) is 106 Å². The highest BCUT2D eigenvalue weighted by Crippen LogP contribution is 2.52. The quantitative estimate of drug-likeness (QED) is 0.0187. The summed E-state index contributed by atoms with van der Waals surface area (Å²) in [5.41, 5.74) is 16.4. The van der Waals surface area contributed by atoms with E-state index >= 15 is 0 Å². The molecule has 1 aliphatic heterocycles. The van der Waals surface area contributed by atoms with Crippen molar-refractivity contribution in [1.29, 1.82) is 0 Å². The average Bonchev–Trinajstić information content (AvgIpc) is 0.756. The zero-order valence-electron chi connectivity index (χ0n) is 81.1. The molecule has 0 bridgehead atoms. The first-order valence-corrected chi connectivity index (χ1v) is 43.3. The van der Waals surface area contributed by atoms with Crippen molar-refractivity contribution in [2.24, 2.45) is 0 Å². The van der Waals surface area contributed by atoms with Gasteiger partial charge >= 0.3 is 0 Å². The molecular weight excluding hydrogens is 1690 g/mol. The minimum atomic E-state index is -1.77. The monoisotopic (exact) mass is 1820 g/mol. The molecule has 11 aromatic carbocycles. The number of ether oxygens (including phenoxy) is 17. The smallest absolute Gasteiger partial charge is 0.237 e. The zero-order valence-corrected chi connectivity index (χ0v) is 81.1. The van der Waals surface area contributed by atoms with Crippen LogP contribution in [0.4, 0.5) is 0 Å². The molecule has 5 atom stereocenters. The van der Waals surface area contributed by atoms with Gasteiger partial charge in [-0.15, -0.1) is 0 Å². The van der Waals surface area contributed by atoms with Crippen LogP contribution in [0.1, 0.15) is 176 Å². The number of rotatable bonds is 31. The molecule has 0 saturated heterocycles. The topological polar surface area (TPSA) is 319 Å². The molecule has 132 heavy (non-hydrogen) atoms. The Morgan fingerprint density at radius 2 is 0.765 bits per heavy atom. The highest BCUT2D eigenvalue weighted by molar-refractivity contribution is 5.82. The van der Waals surface area contributed by atoms with Crippen molar-refractivity contribution in [3.63, 3.8) is 0 Å². The number of aliphatic hydroxyl groups excluding tert-OH is 7. The van der Waals surface area contributed by atoms with E-state index < -0.39 is 17.8 Å². The normalized spacial score (nSPS) is 13.5. The van der Waals surface area contributed by atoms with E-state index in [1.807, 2.05) is 138 Å². The summed E-state index contributed by atoms with van der Waals surface area (Å²) in [6.07, 6.45) is -1.70. The molecule has 712 valence electrons. The fourth-order valence-corrected chi connectivity index (χ4v) is 15.3. The summed E-state index contributed by atoms with van der Waals surface area (Å²) in [5.74, 6) is 8.68. The maximum Gasteiger partial charge on any atom is 0.237 e. The molecule has 25 heteroatoms. The number of methoxy groups -OCH3 is 13. The van der Waals surface area contributed by atoms with E-state index in [0.29, 0.717) is 126 Å². The highest BCUT2D eigenvalue weighted by atomic mass is 16.6. The lowest BCUT2D eigenvalue weighted by Gasteiger charge is -2.32. The third kappa shape index (κ3) is 25.7. The van der Waals surface area contributed by atoms with Crippen LogP contribution < -0.4 is 80.5 Å². The Morgan fingerprint density at radius 1 is 0.341 bits per heavy atom. The Bertz CT molecular complexity index is 5530. The van der Waals surface area contributed by atoms with Crippen molar-refractivity contribution < 1.29 is 121 Å². The number of benzene rings is 11. The van der Waals surface area contributed by atoms with Gasteiger partial charge in [0.15, 0.2) is 75.1 Å². The molecule has 0 aliphatic carbocycles. The molecule has 12 rings (SSSR count). The fraction of sp³-hybridized carbons (Fsp3) is 0.383. The molecule has 0 radical (unpaired) electrons. The molecule has 0 aromatic heterocycles. The second-order valence-electron chi connectivity index (χ2n) is 34.0. The maximum atomic E-state index is 11.2. The van der Waals surface area contributed by atoms with Crippen molar-refractivity contribution in [1.82, 2.24) is 0 Å². The standard InChI is InChI=1S/C26H28O5.C22H30O6.C22H30O4.C19H24O6.C18H22O4/c1-15-10-19(14-27)25-21(11-15)22-12-16(2)13-23(29-5)26(22)31-24(17(3)30-25)18-6-8-20(28-4)9-7-18;1-21(2,3)15-7-10-18(20(13-15)27-6)28-22(24,11-12-23)16-8-9-17(25-4)19(14-16)26-5;1-14(2)15-8-9-18(16(10-15)13-23)26-20-12-17(22(3,4)5)11-19(24-6)21(20)25-7;1-23-16-6-5-13(8-14(16)10-20)19(22)15(11-21)12-4-7-17(24-2)18(9-12)25-3;1-11-6-13(10-19)17(21-4)14(7-11)15-8-12(2)9-16(20-3)18(15)22-5/h6-13,17,24,27H,14H2,1-5H3;7-10,13-14,23-24H,11-12H2,1-6H3;8-12,14,23H,13H2,1-7H3;4-9,15,19-22H,10-11H2,1-3H3;6-9,19H,10H2,1-5H3. The van der Waals surface area contributed by atoms with E-state index in [4.69, 9.17) is 80.5 Å². The van der Waals surface area contributed by atoms with Crippen LogP contribution in [0.25, 0.3) is 22.3 Å². The van der Waals surface area contributed by atoms with Gasteiger partial charge < -0.3 is 121 Å². The minimum absolute atomic E-state index is 0.0351. The van der Waals surface area contributed by atoms with Crippen LogP contribution in [-0.2, 0) is 43.0 Å². The van der Waals surface area contributed by atoms with Gasteiger partial charge in [-0.2, -0.15) is 0 Å². The second kappa shape index (κ2) is 48.2. The highest BCUT2D eigenvalue weighted by Gasteiger charge is 2.36. The van der Waals surface area contributed by atoms with Gasteiger partial charge in [-0.3, -0.25) is 0 Å². The van der Waals surface area contributed by atoms with Gasteiger partial charge in [0.25, 0.3) is 0 Å². The summed E-state index contributed by atoms with van der Waals surface area (Å²) >= 11 is 0. The van der Waals surface area contributed by atoms with Crippen LogP contribution in [0.2, 0.25) is 0 Å². The molecule has 25 nitrogen and oxygen atoms in total. The average molecular weight is 1820 g/mol. The summed E-state index contributed by atoms with van der Waals surface area (Å²) < 4.78 is 95.5. The van der Waals surface area contributed by atoms with E-state index in [9.17, 15) is 40.9 Å². The number of aryl methyl sites for hydroxylation is 4. The molecule has 5 unspecified atom stereocenters. The molecule has 0 saturated carbocycles. The predicted octanol–water partition coefficient (Wildman–Crippen LogP) is 19.9. The lowest BCUT2D eigenvalue weighted by Crippen LogP contribution is -2.34. The van der Waals surface area contributed by atoms with Gasteiger partial charge in [-0.25, -0.2) is 0 Å². The molecular formula is C107H134O25. The van der Waals surface area contributed by atoms with Gasteiger partial charge in [0.1, 0.15) is 34.9 Å². The van der Waals surface area contributed by atoms with E-state index in [2.05, 4.69) is 67.5 Å². The third-order valence-corrected chi connectivity index (χ3v) is 22.5. The van der Waals surface area contributed by atoms with Gasteiger partial charge in [-0.05, 0) is 234 Å². The minimum Gasteiger partial charge on any atom is -0.497 e. The Balaban J connectivity index is 0.000000204. The van der Waals surface area contributed by atoms with Crippen LogP contribution in [0, 0.1) is 27.7 Å². The summed E-state index contributed by atoms with van der Waals surface area (Å²) in [4.78, 5) is 0. The van der Waals surface area contributed by atoms with Crippen molar-refractivity contribution in [3.8, 4) is 126 Å². The SMILES string of the molecule is COc1cc(C(C)(C)C)cc(Oc2ccc(C(C)C)cc2CO)c1OC.COc1cc(C)cc(-c2cc(C)cc(CO)c2OC)c1OC.COc1ccc(C(O)(CCO)Oc2ccc(C(C)(C)C)cc2OC)cc1OC.COc1ccc(C(O)C(CO)c2ccc(OC)c(OC)c2)cc1CO.COc1ccc(C2Oc3c(OC)cc(C)cc3-c3cc(C)cc(CO)c3OC2C)cc1. The molecule has 8 N–H and O–H groups in total. The van der Waals surface area contributed by atoms with Gasteiger partial charge in [0, 0.05) is 69.0 Å². The van der Waals surface area contributed by atoms with E-state index in [1.54, 1.807) is 125 Å². The molecule has 0 amide bonds. The summed E-state index contributed by atoms with van der Waals surface area (Å²) in [5, 5.41) is 80.2. The van der Waals surface area contributed by atoms with Gasteiger partial charge in [0.2, 0.25) is 11.5 Å². The van der Waals surface area contributed by atoms with Crippen LogP contribution in [0.3, 0.4) is 0 Å². The second-order valence-corrected chi connectivity index (χ2v) is 34.0. The lowest BCUT2D eigenvalue weighted by molar-refractivity contribution is -0.158. The number of aliphatic hydroxyl groups is 8. The first kappa shape index (κ1) is 105. The Hall–Kier alpha value is -12.3. The number of fused-ring (bicyclic) bond motifs is 3. The summed E-state index contributed by atoms with van der Waals surface area (Å²) in [6.45, 7) is 26.0. The maximum absolute atomic E-state index is 11.2.